The van der Waals surface area contributed by atoms with E-state index in [0.717, 1.165) is 12.8 Å². The molecule has 0 atom stereocenters. The van der Waals surface area contributed by atoms with Crippen molar-refractivity contribution >= 4 is 27.2 Å². The third kappa shape index (κ3) is 9.50. The average Bonchev–Trinajstić information content (AvgIpc) is 2.14. The molecule has 102 valence electrons. The van der Waals surface area contributed by atoms with Crippen LogP contribution in [-0.4, -0.2) is 25.7 Å². The van der Waals surface area contributed by atoms with Crippen LogP contribution in [0.3, 0.4) is 0 Å². The second-order valence-electron chi connectivity index (χ2n) is 5.17. The first-order valence-corrected chi connectivity index (χ1v) is 8.00. The molecule has 17 heavy (non-hydrogen) atoms. The van der Waals surface area contributed by atoms with E-state index in [1.54, 1.807) is 0 Å². The van der Waals surface area contributed by atoms with E-state index in [4.69, 9.17) is 5.73 Å². The molecule has 0 spiro atoms. The van der Waals surface area contributed by atoms with E-state index >= 15 is 0 Å². The molecular weight excluding hydrogens is 256 g/mol. The third-order valence-electron chi connectivity index (χ3n) is 2.56. The summed E-state index contributed by atoms with van der Waals surface area (Å²) in [6.45, 7) is 6.71. The SMILES string of the molecule is CCCCCC(C)(C)CNS(=O)(=O)CC(N)=S. The predicted molar refractivity (Wildman–Crippen MR) is 76.5 cm³/mol. The quantitative estimate of drug-likeness (QED) is 0.499. The number of hydrogen-bond donors (Lipinski definition) is 2. The molecule has 6 heteroatoms. The number of thiocarbonyl (C=S) groups is 1. The van der Waals surface area contributed by atoms with Crippen molar-refractivity contribution in [3.05, 3.63) is 0 Å². The van der Waals surface area contributed by atoms with Gasteiger partial charge in [0.05, 0.1) is 4.99 Å². The Labute approximate surface area is 110 Å². The maximum absolute atomic E-state index is 11.5. The number of rotatable bonds is 9. The van der Waals surface area contributed by atoms with Gasteiger partial charge in [-0.1, -0.05) is 52.3 Å². The molecule has 0 aliphatic rings. The van der Waals surface area contributed by atoms with E-state index in [2.05, 4.69) is 37.7 Å². The molecule has 3 N–H and O–H groups in total. The zero-order chi connectivity index (χ0) is 13.5. The standard InChI is InChI=1S/C11H24N2O2S2/c1-4-5-6-7-11(2,3)9-13-17(14,15)8-10(12)16/h13H,4-9H2,1-3H3,(H2,12,16). The maximum Gasteiger partial charge on any atom is 0.218 e. The number of nitrogens with two attached hydrogens (primary N) is 1. The lowest BCUT2D eigenvalue weighted by Crippen LogP contribution is -2.38. The van der Waals surface area contributed by atoms with E-state index in [1.165, 1.54) is 12.8 Å². The van der Waals surface area contributed by atoms with Gasteiger partial charge in [0, 0.05) is 6.54 Å². The van der Waals surface area contributed by atoms with Crippen molar-refractivity contribution in [3.8, 4) is 0 Å². The van der Waals surface area contributed by atoms with Crippen LogP contribution in [0.5, 0.6) is 0 Å². The van der Waals surface area contributed by atoms with Crippen molar-refractivity contribution < 1.29 is 8.42 Å². The lowest BCUT2D eigenvalue weighted by atomic mass is 9.87. The average molecular weight is 280 g/mol. The Hall–Kier alpha value is -0.200. The van der Waals surface area contributed by atoms with Crippen LogP contribution in [0.4, 0.5) is 0 Å². The Morgan fingerprint density at radius 1 is 1.35 bits per heavy atom. The molecule has 0 aromatic rings. The summed E-state index contributed by atoms with van der Waals surface area (Å²) in [5.74, 6) is -0.270. The van der Waals surface area contributed by atoms with Gasteiger partial charge in [0.2, 0.25) is 10.0 Å². The summed E-state index contributed by atoms with van der Waals surface area (Å²) >= 11 is 4.60. The summed E-state index contributed by atoms with van der Waals surface area (Å²) in [7, 11) is -3.36. The smallest absolute Gasteiger partial charge is 0.218 e. The van der Waals surface area contributed by atoms with Crippen molar-refractivity contribution in [3.63, 3.8) is 0 Å². The molecule has 0 unspecified atom stereocenters. The molecule has 0 rings (SSSR count). The van der Waals surface area contributed by atoms with Gasteiger partial charge in [0.25, 0.3) is 0 Å². The van der Waals surface area contributed by atoms with Crippen molar-refractivity contribution in [1.82, 2.24) is 4.72 Å². The van der Waals surface area contributed by atoms with Crippen LogP contribution in [0.2, 0.25) is 0 Å². The molecule has 0 aromatic carbocycles. The van der Waals surface area contributed by atoms with Gasteiger partial charge in [-0.05, 0) is 11.8 Å². The lowest BCUT2D eigenvalue weighted by Gasteiger charge is -2.24. The summed E-state index contributed by atoms with van der Waals surface area (Å²) in [5, 5.41) is 0. The normalized spacial score (nSPS) is 12.6. The Balaban J connectivity index is 4.12. The summed E-state index contributed by atoms with van der Waals surface area (Å²) in [5.41, 5.74) is 5.20. The highest BCUT2D eigenvalue weighted by atomic mass is 32.2. The zero-order valence-electron chi connectivity index (χ0n) is 11.0. The number of sulfonamides is 1. The highest BCUT2D eigenvalue weighted by molar-refractivity contribution is 7.92. The molecule has 0 saturated carbocycles. The van der Waals surface area contributed by atoms with Gasteiger partial charge in [-0.3, -0.25) is 0 Å². The van der Waals surface area contributed by atoms with Gasteiger partial charge in [-0.15, -0.1) is 0 Å². The zero-order valence-corrected chi connectivity index (χ0v) is 12.6. The van der Waals surface area contributed by atoms with Gasteiger partial charge in [-0.25, -0.2) is 13.1 Å². The van der Waals surface area contributed by atoms with Crippen LogP contribution in [-0.2, 0) is 10.0 Å². The number of hydrogen-bond acceptors (Lipinski definition) is 3. The number of unbranched alkanes of at least 4 members (excludes halogenated alkanes) is 2. The van der Waals surface area contributed by atoms with Crippen molar-refractivity contribution in [2.75, 3.05) is 12.3 Å². The van der Waals surface area contributed by atoms with E-state index in [0.29, 0.717) is 6.54 Å². The predicted octanol–water partition coefficient (Wildman–Crippen LogP) is 1.80. The third-order valence-corrected chi connectivity index (χ3v) is 4.16. The minimum absolute atomic E-state index is 0.00119. The Morgan fingerprint density at radius 3 is 2.41 bits per heavy atom. The second-order valence-corrected chi connectivity index (χ2v) is 7.50. The molecule has 0 fully saturated rings. The molecule has 0 heterocycles. The fourth-order valence-corrected chi connectivity index (χ4v) is 3.04. The fourth-order valence-electron chi connectivity index (χ4n) is 1.49. The lowest BCUT2D eigenvalue weighted by molar-refractivity contribution is 0.320. The van der Waals surface area contributed by atoms with Gasteiger partial charge in [0.15, 0.2) is 0 Å². The molecule has 0 amide bonds. The molecule has 0 aliphatic heterocycles. The molecule has 0 saturated heterocycles. The monoisotopic (exact) mass is 280 g/mol. The van der Waals surface area contributed by atoms with Crippen molar-refractivity contribution in [1.29, 1.82) is 0 Å². The molecule has 0 aliphatic carbocycles. The highest BCUT2D eigenvalue weighted by Gasteiger charge is 2.21. The Kier molecular flexibility index (Phi) is 7.20. The van der Waals surface area contributed by atoms with Gasteiger partial charge in [0.1, 0.15) is 5.75 Å². The minimum Gasteiger partial charge on any atom is -0.392 e. The van der Waals surface area contributed by atoms with E-state index in [1.807, 2.05) is 0 Å². The van der Waals surface area contributed by atoms with Crippen LogP contribution < -0.4 is 10.5 Å². The maximum atomic E-state index is 11.5. The fraction of sp³-hybridized carbons (Fsp3) is 0.909. The minimum atomic E-state index is -3.36. The molecule has 4 nitrogen and oxygen atoms in total. The van der Waals surface area contributed by atoms with Crippen LogP contribution in [0.25, 0.3) is 0 Å². The topological polar surface area (TPSA) is 72.2 Å². The number of nitrogens with one attached hydrogen (secondary N) is 1. The first kappa shape index (κ1) is 16.8. The molecule has 0 aromatic heterocycles. The summed E-state index contributed by atoms with van der Waals surface area (Å²) in [4.78, 5) is 0.00119. The van der Waals surface area contributed by atoms with Crippen molar-refractivity contribution in [2.45, 2.75) is 46.5 Å². The molecule has 0 radical (unpaired) electrons. The summed E-state index contributed by atoms with van der Waals surface area (Å²) in [6.07, 6.45) is 4.49. The largest absolute Gasteiger partial charge is 0.392 e. The van der Waals surface area contributed by atoms with E-state index < -0.39 is 10.0 Å². The summed E-state index contributed by atoms with van der Waals surface area (Å²) < 4.78 is 25.6. The summed E-state index contributed by atoms with van der Waals surface area (Å²) in [6, 6.07) is 0. The first-order valence-electron chi connectivity index (χ1n) is 5.94. The molecular formula is C11H24N2O2S2. The van der Waals surface area contributed by atoms with Crippen LogP contribution in [0.1, 0.15) is 46.5 Å². The van der Waals surface area contributed by atoms with Gasteiger partial charge in [-0.2, -0.15) is 0 Å². The first-order chi connectivity index (χ1) is 7.68. The Bertz CT molecular complexity index is 337. The van der Waals surface area contributed by atoms with Gasteiger partial charge >= 0.3 is 0 Å². The van der Waals surface area contributed by atoms with E-state index in [9.17, 15) is 8.42 Å². The van der Waals surface area contributed by atoms with Crippen LogP contribution in [0, 0.1) is 5.41 Å². The van der Waals surface area contributed by atoms with Crippen LogP contribution >= 0.6 is 12.2 Å². The Morgan fingerprint density at radius 2 is 1.94 bits per heavy atom. The van der Waals surface area contributed by atoms with Crippen molar-refractivity contribution in [2.24, 2.45) is 11.1 Å². The van der Waals surface area contributed by atoms with Crippen LogP contribution in [0.15, 0.2) is 0 Å². The second kappa shape index (κ2) is 7.28. The van der Waals surface area contributed by atoms with Gasteiger partial charge < -0.3 is 5.73 Å². The molecule has 0 bridgehead atoms. The van der Waals surface area contributed by atoms with E-state index in [-0.39, 0.29) is 16.2 Å². The highest BCUT2D eigenvalue weighted by Crippen LogP contribution is 2.22.